The molecule has 0 bridgehead atoms. The number of aliphatic carboxylic acids is 2. The summed E-state index contributed by atoms with van der Waals surface area (Å²) in [7, 11) is 0. The molecule has 0 fully saturated rings. The zero-order chi connectivity index (χ0) is 53.5. The van der Waals surface area contributed by atoms with E-state index in [1.807, 2.05) is 0 Å². The summed E-state index contributed by atoms with van der Waals surface area (Å²) in [4.78, 5) is 132. The van der Waals surface area contributed by atoms with E-state index in [0.29, 0.717) is 12.8 Å². The molecular weight excluding hydrogens is 905 g/mol. The van der Waals surface area contributed by atoms with E-state index in [-0.39, 0.29) is 55.9 Å². The molecule has 0 heterocycles. The third-order valence-corrected chi connectivity index (χ3v) is 10.7. The van der Waals surface area contributed by atoms with Gasteiger partial charge in [-0.3, -0.25) is 43.2 Å². The minimum atomic E-state index is -1.73. The largest absolute Gasteiger partial charge is 0.481 e. The number of nitrogens with two attached hydrogens (primary N) is 2. The van der Waals surface area contributed by atoms with Gasteiger partial charge in [0.1, 0.15) is 48.3 Å². The van der Waals surface area contributed by atoms with Gasteiger partial charge in [0.05, 0.1) is 25.2 Å². The fraction of sp³-hybridized carbons (Fsp3) is 0.778. The smallest absolute Gasteiger partial charge is 0.326 e. The van der Waals surface area contributed by atoms with Gasteiger partial charge in [-0.15, -0.1) is 0 Å². The lowest BCUT2D eigenvalue weighted by atomic mass is 9.98. The van der Waals surface area contributed by atoms with E-state index in [1.54, 1.807) is 69.2 Å². The van der Waals surface area contributed by atoms with Gasteiger partial charge in [0, 0.05) is 0 Å². The summed E-state index contributed by atoms with van der Waals surface area (Å²) < 4.78 is 0. The molecule has 0 aromatic heterocycles. The second kappa shape index (κ2) is 31.6. The van der Waals surface area contributed by atoms with E-state index >= 15 is 0 Å². The van der Waals surface area contributed by atoms with Crippen molar-refractivity contribution in [3.63, 3.8) is 0 Å². The Balaban J connectivity index is 6.42. The molecular formula is C45H82N10O14. The molecule has 0 rings (SSSR count). The molecule has 69 heavy (non-hydrogen) atoms. The maximum Gasteiger partial charge on any atom is 0.326 e. The van der Waals surface area contributed by atoms with Crippen LogP contribution in [0.1, 0.15) is 121 Å². The lowest BCUT2D eigenvalue weighted by Crippen LogP contribution is -2.62. The van der Waals surface area contributed by atoms with Crippen LogP contribution < -0.4 is 54.0 Å². The number of hydrogen-bond acceptors (Lipinski definition) is 14. The van der Waals surface area contributed by atoms with Gasteiger partial charge in [-0.05, 0) is 81.6 Å². The third kappa shape index (κ3) is 24.1. The summed E-state index contributed by atoms with van der Waals surface area (Å²) >= 11 is 0. The second-order valence-corrected chi connectivity index (χ2v) is 19.4. The fourth-order valence-electron chi connectivity index (χ4n) is 6.80. The van der Waals surface area contributed by atoms with Gasteiger partial charge in [0.15, 0.2) is 0 Å². The second-order valence-electron chi connectivity index (χ2n) is 19.4. The molecule has 0 saturated heterocycles. The first kappa shape index (κ1) is 63.5. The van der Waals surface area contributed by atoms with Crippen molar-refractivity contribution >= 4 is 59.2 Å². The number of aliphatic hydroxyl groups is 2. The van der Waals surface area contributed by atoms with Crippen molar-refractivity contribution in [1.82, 2.24) is 42.5 Å². The van der Waals surface area contributed by atoms with Crippen molar-refractivity contribution in [2.75, 3.05) is 13.2 Å². The lowest BCUT2D eigenvalue weighted by molar-refractivity contribution is -0.144. The molecule has 0 radical (unpaired) electrons. The number of amides is 8. The van der Waals surface area contributed by atoms with E-state index in [9.17, 15) is 68.4 Å². The van der Waals surface area contributed by atoms with E-state index in [1.165, 1.54) is 6.92 Å². The lowest BCUT2D eigenvalue weighted by Gasteiger charge is -2.29. The van der Waals surface area contributed by atoms with Crippen LogP contribution in [0.25, 0.3) is 0 Å². The van der Waals surface area contributed by atoms with Crippen LogP contribution >= 0.6 is 0 Å². The van der Waals surface area contributed by atoms with Crippen molar-refractivity contribution < 1.29 is 68.4 Å². The predicted molar refractivity (Wildman–Crippen MR) is 253 cm³/mol. The summed E-state index contributed by atoms with van der Waals surface area (Å²) in [5.74, 6) is -11.6. The van der Waals surface area contributed by atoms with Gasteiger partial charge in [-0.1, -0.05) is 69.2 Å². The number of hydrogen-bond donors (Lipinski definition) is 14. The molecule has 16 N–H and O–H groups in total. The summed E-state index contributed by atoms with van der Waals surface area (Å²) in [5, 5.41) is 59.4. The molecule has 0 aliphatic heterocycles. The molecule has 24 nitrogen and oxygen atoms in total. The van der Waals surface area contributed by atoms with Crippen LogP contribution in [-0.2, 0) is 47.9 Å². The number of nitrogens with one attached hydrogen (secondary N) is 8. The van der Waals surface area contributed by atoms with Crippen molar-refractivity contribution in [2.45, 2.75) is 182 Å². The normalized spacial score (nSPS) is 15.9. The zero-order valence-corrected chi connectivity index (χ0v) is 42.1. The highest BCUT2D eigenvalue weighted by atomic mass is 16.4. The average molecular weight is 987 g/mol. The maximum absolute atomic E-state index is 13.9. The van der Waals surface area contributed by atoms with E-state index in [0.717, 1.165) is 0 Å². The van der Waals surface area contributed by atoms with Crippen molar-refractivity contribution in [1.29, 1.82) is 0 Å². The predicted octanol–water partition coefficient (Wildman–Crippen LogP) is -2.30. The number of carboxylic acids is 2. The molecule has 24 heteroatoms. The Morgan fingerprint density at radius 2 is 0.826 bits per heavy atom. The quantitative estimate of drug-likeness (QED) is 0.0308. The van der Waals surface area contributed by atoms with Crippen LogP contribution in [0.15, 0.2) is 0 Å². The van der Waals surface area contributed by atoms with Crippen molar-refractivity contribution in [3.8, 4) is 0 Å². The van der Waals surface area contributed by atoms with Gasteiger partial charge >= 0.3 is 11.9 Å². The topological polar surface area (TPSA) is 400 Å². The van der Waals surface area contributed by atoms with Gasteiger partial charge in [0.25, 0.3) is 0 Å². The Bertz CT molecular complexity index is 1730. The van der Waals surface area contributed by atoms with Gasteiger partial charge in [-0.25, -0.2) is 4.79 Å². The first-order chi connectivity index (χ1) is 32.0. The Labute approximate surface area is 405 Å². The van der Waals surface area contributed by atoms with Crippen LogP contribution in [0.3, 0.4) is 0 Å². The minimum absolute atomic E-state index is 0.0170. The Morgan fingerprint density at radius 3 is 1.26 bits per heavy atom. The number of aliphatic hydroxyl groups excluding tert-OH is 2. The monoisotopic (exact) mass is 987 g/mol. The highest BCUT2D eigenvalue weighted by Crippen LogP contribution is 2.13. The highest BCUT2D eigenvalue weighted by Gasteiger charge is 2.37. The maximum atomic E-state index is 13.9. The van der Waals surface area contributed by atoms with Crippen LogP contribution in [0.5, 0.6) is 0 Å². The summed E-state index contributed by atoms with van der Waals surface area (Å²) in [6, 6.07) is -12.7. The van der Waals surface area contributed by atoms with Gasteiger partial charge in [-0.2, -0.15) is 0 Å². The highest BCUT2D eigenvalue weighted by molar-refractivity contribution is 5.98. The number of unbranched alkanes of at least 4 members (excludes halogenated alkanes) is 1. The Kier molecular flexibility index (Phi) is 29.1. The van der Waals surface area contributed by atoms with E-state index in [2.05, 4.69) is 42.5 Å². The molecule has 0 aromatic rings. The number of rotatable bonds is 33. The average Bonchev–Trinajstić information content (AvgIpc) is 3.23. The molecule has 0 saturated carbocycles. The molecule has 0 unspecified atom stereocenters. The summed E-state index contributed by atoms with van der Waals surface area (Å²) in [5.41, 5.74) is 11.6. The standard InChI is InChI=1S/C45H82N10O14/c1-21(2)16-28(38(61)49-30(19-33(58)59)39(62)52-31(45(68)69)18-23(5)6)51-43(66)35(25(9)10)54-37(60)27(14-12-13-15-46)48-41(64)32(20-56)53-44(67)36(26(11)57)55-40(63)29(17-22(3)4)50-42(65)34(47)24(7)8/h21-32,34-36,56-57H,12-20,46-47H2,1-11H3,(H,48,64)(H,49,61)(H,50,65)(H,51,66)(H,52,62)(H,53,67)(H,54,60)(H,55,63)(H,58,59)(H,68,69)/t26-,27+,28+,29+,30+,31+,32+,34+,35+,36+/m1/s1. The van der Waals surface area contributed by atoms with Crippen molar-refractivity contribution in [3.05, 3.63) is 0 Å². The first-order valence-corrected chi connectivity index (χ1v) is 23.6. The number of carboxylic acid groups (broad SMARTS) is 2. The molecule has 0 spiro atoms. The van der Waals surface area contributed by atoms with Crippen LogP contribution in [0.4, 0.5) is 0 Å². The molecule has 0 aromatic carbocycles. The van der Waals surface area contributed by atoms with Gasteiger partial charge in [0.2, 0.25) is 47.3 Å². The Morgan fingerprint density at radius 1 is 0.449 bits per heavy atom. The summed E-state index contributed by atoms with van der Waals surface area (Å²) in [6.45, 7) is 17.5. The van der Waals surface area contributed by atoms with E-state index < -0.39 is 139 Å². The molecule has 0 aliphatic carbocycles. The van der Waals surface area contributed by atoms with Crippen LogP contribution in [-0.4, -0.2) is 153 Å². The Hall–Kier alpha value is -5.46. The minimum Gasteiger partial charge on any atom is -0.481 e. The molecule has 8 amide bonds. The SMILES string of the molecule is CC(C)C[C@H](NC(=O)[C@H](CC(=O)O)NC(=O)[C@H](CC(C)C)NC(=O)[C@@H](NC(=O)[C@H](CCCCN)NC(=O)[C@H](CO)NC(=O)[C@@H](NC(=O)[C@H](CC(C)C)NC(=O)[C@@H](N)C(C)C)[C@@H](C)O)C(C)C)C(=O)O. The number of carbonyl (C=O) groups excluding carboxylic acids is 8. The first-order valence-electron chi connectivity index (χ1n) is 23.6. The van der Waals surface area contributed by atoms with Crippen molar-refractivity contribution in [2.24, 2.45) is 41.1 Å². The molecule has 10 atom stereocenters. The van der Waals surface area contributed by atoms with Gasteiger partial charge < -0.3 is 74.4 Å². The van der Waals surface area contributed by atoms with Crippen LogP contribution in [0, 0.1) is 29.6 Å². The third-order valence-electron chi connectivity index (χ3n) is 10.7. The number of carbonyl (C=O) groups is 10. The van der Waals surface area contributed by atoms with Crippen LogP contribution in [0.2, 0.25) is 0 Å². The fourth-order valence-corrected chi connectivity index (χ4v) is 6.80. The molecule has 396 valence electrons. The summed E-state index contributed by atoms with van der Waals surface area (Å²) in [6.07, 6.45) is -1.64. The molecule has 0 aliphatic rings. The van der Waals surface area contributed by atoms with E-state index in [4.69, 9.17) is 11.5 Å². The zero-order valence-electron chi connectivity index (χ0n) is 42.1.